The lowest BCUT2D eigenvalue weighted by Gasteiger charge is -1.68. The molecule has 10 aromatic heterocycles. The Morgan fingerprint density at radius 1 is 0.650 bits per heavy atom. The van der Waals surface area contributed by atoms with Crippen LogP contribution in [0.15, 0.2) is 139 Å². The molecule has 20 heteroatoms. The fourth-order valence-electron chi connectivity index (χ4n) is 2.91. The highest BCUT2D eigenvalue weighted by atomic mass is 32.1. The maximum absolute atomic E-state index is 4.71. The predicted molar refractivity (Wildman–Crippen MR) is 235 cm³/mol. The highest BCUT2D eigenvalue weighted by Gasteiger charge is 1.82. The number of thiophene rings is 1. The summed E-state index contributed by atoms with van der Waals surface area (Å²) in [5.41, 5.74) is 10.8. The van der Waals surface area contributed by atoms with Gasteiger partial charge in [-0.25, -0.2) is 9.97 Å². The molecule has 10 aromatic rings. The molecule has 0 saturated heterocycles. The van der Waals surface area contributed by atoms with E-state index in [-0.39, 0.29) is 0 Å². The summed E-state index contributed by atoms with van der Waals surface area (Å²) in [5, 5.41) is 33.4. The number of furan rings is 1. The number of H-pyrrole nitrogens is 3. The van der Waals surface area contributed by atoms with Crippen LogP contribution >= 0.6 is 34.2 Å². The number of nitrogens with one attached hydrogen (secondary N) is 3. The smallest absolute Gasteiger partial charge is 0.180 e. The van der Waals surface area contributed by atoms with E-state index >= 15 is 0 Å². The molecule has 0 aliphatic carbocycles. The van der Waals surface area contributed by atoms with E-state index in [0.717, 1.165) is 33.5 Å². The third kappa shape index (κ3) is 32.4. The summed E-state index contributed by atoms with van der Waals surface area (Å²) >= 11 is 4.78. The Kier molecular flexibility index (Phi) is 29.5. The molecule has 3 N–H and O–H groups in total. The van der Waals surface area contributed by atoms with Crippen molar-refractivity contribution in [3.8, 4) is 0 Å². The van der Waals surface area contributed by atoms with Crippen molar-refractivity contribution in [3.05, 3.63) is 177 Å². The Balaban J connectivity index is 0.000000333. The van der Waals surface area contributed by atoms with Gasteiger partial charge in [0.15, 0.2) is 12.2 Å². The summed E-state index contributed by atoms with van der Waals surface area (Å²) in [6, 6.07) is 7.96. The second-order valence-electron chi connectivity index (χ2n) is 11.8. The molecule has 0 unspecified atom stereocenters. The zero-order chi connectivity index (χ0) is 44.1. The van der Waals surface area contributed by atoms with Gasteiger partial charge in [0.05, 0.1) is 36.1 Å². The van der Waals surface area contributed by atoms with Gasteiger partial charge in [0, 0.05) is 52.1 Å². The summed E-state index contributed by atoms with van der Waals surface area (Å²) in [6.45, 7) is 19.5. The lowest BCUT2D eigenvalue weighted by molar-refractivity contribution is 0.374. The predicted octanol–water partition coefficient (Wildman–Crippen LogP) is 10.4. The van der Waals surface area contributed by atoms with Crippen molar-refractivity contribution in [1.82, 2.24) is 65.4 Å². The quantitative estimate of drug-likeness (QED) is 0.129. The number of oxazole rings is 1. The monoisotopic (exact) mass is 875 g/mol. The minimum Gasteiger partial charge on any atom is -0.472 e. The molecule has 0 saturated carbocycles. The number of aryl methyl sites for hydroxylation is 10. The second-order valence-corrected chi connectivity index (χ2v) is 14.3. The second kappa shape index (κ2) is 34.4. The molecule has 0 amide bonds. The van der Waals surface area contributed by atoms with Gasteiger partial charge in [-0.1, -0.05) is 0 Å². The van der Waals surface area contributed by atoms with Crippen LogP contribution in [0, 0.1) is 69.2 Å². The molecular weight excluding hydrogens is 823 g/mol. The van der Waals surface area contributed by atoms with Crippen LogP contribution in [0.2, 0.25) is 0 Å². The molecule has 17 nitrogen and oxygen atoms in total. The van der Waals surface area contributed by atoms with E-state index in [1.807, 2.05) is 96.1 Å². The number of rotatable bonds is 0. The van der Waals surface area contributed by atoms with E-state index in [4.69, 9.17) is 4.42 Å². The molecule has 0 radical (unpaired) electrons. The molecule has 0 spiro atoms. The minimum atomic E-state index is 0.745. The first-order chi connectivity index (χ1) is 28.9. The number of hydrogen-bond acceptors (Lipinski definition) is 17. The van der Waals surface area contributed by atoms with Crippen molar-refractivity contribution in [2.24, 2.45) is 0 Å². The summed E-state index contributed by atoms with van der Waals surface area (Å²) in [4.78, 5) is 14.4. The lowest BCUT2D eigenvalue weighted by atomic mass is 10.4. The maximum atomic E-state index is 4.71. The third-order valence-corrected chi connectivity index (χ3v) is 7.95. The zero-order valence-corrected chi connectivity index (χ0v) is 37.8. The molecule has 10 heterocycles. The van der Waals surface area contributed by atoms with Crippen LogP contribution in [0.5, 0.6) is 0 Å². The lowest BCUT2D eigenvalue weighted by Crippen LogP contribution is -1.65. The van der Waals surface area contributed by atoms with Crippen molar-refractivity contribution in [2.75, 3.05) is 0 Å². The molecule has 0 atom stereocenters. The Bertz CT molecular complexity index is 1650. The maximum Gasteiger partial charge on any atom is 0.180 e. The van der Waals surface area contributed by atoms with Gasteiger partial charge < -0.3 is 22.9 Å². The number of aromatic amines is 3. The van der Waals surface area contributed by atoms with Gasteiger partial charge in [-0.15, -0.1) is 21.5 Å². The van der Waals surface area contributed by atoms with Crippen LogP contribution in [0.25, 0.3) is 0 Å². The molecule has 0 aromatic carbocycles. The average molecular weight is 876 g/mol. The average Bonchev–Trinajstić information content (AvgIpc) is 4.06. The van der Waals surface area contributed by atoms with E-state index in [1.54, 1.807) is 73.3 Å². The standard InChI is InChI=1S/C5H7N.C5H6O.C5H6S.2C4H6N2.C4H5NO.C4H5NS.2C3H4N2O.C3H4N2S/c3*1-5-2-3-6-4-5;1-4-2-5-6-3-4;1-4-2-3-5-6-4;2*1-4-2-6-3-5-4;1-3-2-6-5-4-3;1-3-2-4-5-6-3;1-3-4-2-5-6-3/h2-4,6H,1H3;2*2-4H,1H3;2*2-3H,1H3,(H,5,6);2*2-3H,1H3;3*2H,1H3. The fraction of sp³-hybridized carbons (Fsp3) is 0.250. The Labute approximate surface area is 361 Å². The molecule has 0 aliphatic rings. The van der Waals surface area contributed by atoms with Gasteiger partial charge in [-0.2, -0.15) is 25.9 Å². The van der Waals surface area contributed by atoms with Gasteiger partial charge in [-0.3, -0.25) is 15.2 Å². The highest BCUT2D eigenvalue weighted by molar-refractivity contribution is 7.08. The van der Waals surface area contributed by atoms with Crippen LogP contribution in [0.1, 0.15) is 55.8 Å². The Hall–Kier alpha value is -6.64. The third-order valence-electron chi connectivity index (χ3n) is 5.88. The number of aromatic nitrogens is 13. The van der Waals surface area contributed by atoms with Crippen molar-refractivity contribution in [1.29, 1.82) is 0 Å². The molecule has 0 aliphatic heterocycles. The van der Waals surface area contributed by atoms with Crippen LogP contribution in [0.3, 0.4) is 0 Å². The number of nitrogens with zero attached hydrogens (tertiary/aromatic N) is 10. The highest BCUT2D eigenvalue weighted by Crippen LogP contribution is 2.01. The summed E-state index contributed by atoms with van der Waals surface area (Å²) in [6.07, 6.45) is 20.2. The van der Waals surface area contributed by atoms with E-state index in [1.165, 1.54) is 46.4 Å². The van der Waals surface area contributed by atoms with Gasteiger partial charge in [0.25, 0.3) is 0 Å². The van der Waals surface area contributed by atoms with Crippen molar-refractivity contribution in [3.63, 3.8) is 0 Å². The first kappa shape index (κ1) is 51.4. The minimum absolute atomic E-state index is 0.745. The topological polar surface area (TPSA) is 229 Å². The van der Waals surface area contributed by atoms with E-state index < -0.39 is 0 Å². The summed E-state index contributed by atoms with van der Waals surface area (Å²) in [5.74, 6) is 0.745. The van der Waals surface area contributed by atoms with Gasteiger partial charge in [0.1, 0.15) is 29.6 Å². The number of hydrogen-bond donors (Lipinski definition) is 3. The summed E-state index contributed by atoms with van der Waals surface area (Å²) in [7, 11) is 0. The van der Waals surface area contributed by atoms with E-state index in [2.05, 4.69) is 110 Å². The summed E-state index contributed by atoms with van der Waals surface area (Å²) < 4.78 is 21.9. The van der Waals surface area contributed by atoms with Crippen LogP contribution < -0.4 is 0 Å². The fourth-order valence-corrected chi connectivity index (χ4v) is 4.47. The normalized spacial score (nSPS) is 8.83. The Morgan fingerprint density at radius 2 is 1.48 bits per heavy atom. The van der Waals surface area contributed by atoms with Gasteiger partial charge in [0.2, 0.25) is 0 Å². The molecule has 320 valence electrons. The number of thiazole rings is 1. The van der Waals surface area contributed by atoms with Gasteiger partial charge >= 0.3 is 0 Å². The van der Waals surface area contributed by atoms with Crippen LogP contribution in [0.4, 0.5) is 0 Å². The molecule has 60 heavy (non-hydrogen) atoms. The van der Waals surface area contributed by atoms with Crippen LogP contribution in [-0.2, 0) is 0 Å². The Morgan fingerprint density at radius 3 is 1.65 bits per heavy atom. The molecular formula is C40H53N13O4S3. The van der Waals surface area contributed by atoms with E-state index in [0.29, 0.717) is 0 Å². The van der Waals surface area contributed by atoms with E-state index in [9.17, 15) is 0 Å². The molecule has 0 fully saturated rings. The molecule has 0 bridgehead atoms. The van der Waals surface area contributed by atoms with Crippen molar-refractivity contribution in [2.45, 2.75) is 69.2 Å². The first-order valence-electron chi connectivity index (χ1n) is 17.8. The van der Waals surface area contributed by atoms with Crippen LogP contribution in [-0.4, -0.2) is 65.4 Å². The van der Waals surface area contributed by atoms with Crippen molar-refractivity contribution >= 4 is 34.2 Å². The van der Waals surface area contributed by atoms with Crippen molar-refractivity contribution < 1.29 is 17.9 Å². The van der Waals surface area contributed by atoms with Gasteiger partial charge in [-0.05, 0) is 138 Å². The first-order valence-corrected chi connectivity index (χ1v) is 20.5. The molecule has 10 rings (SSSR count). The SMILES string of the molecule is Cc1cc[nH]c1.Cc1ccn[nH]1.Cc1ccoc1.Cc1ccsc1.Cc1cn[nH]c1.Cc1cnno1.Cc1cocn1.Cc1conn1.Cc1cscn1.Cc1ncns1. The zero-order valence-electron chi connectivity index (χ0n) is 35.4. The largest absolute Gasteiger partial charge is 0.472 e.